The van der Waals surface area contributed by atoms with Crippen molar-refractivity contribution in [1.29, 1.82) is 0 Å². The molecule has 0 radical (unpaired) electrons. The molecule has 2 N–H and O–H groups in total. The minimum atomic E-state index is -0.314. The molecule has 0 amide bonds. The predicted octanol–water partition coefficient (Wildman–Crippen LogP) is 2.85. The number of halogens is 2. The summed E-state index contributed by atoms with van der Waals surface area (Å²) in [5, 5.41) is 13.8. The number of rotatable bonds is 5. The van der Waals surface area contributed by atoms with E-state index in [2.05, 4.69) is 5.32 Å². The van der Waals surface area contributed by atoms with E-state index in [1.165, 1.54) is 0 Å². The van der Waals surface area contributed by atoms with Crippen LogP contribution < -0.4 is 5.32 Å². The van der Waals surface area contributed by atoms with Crippen molar-refractivity contribution < 1.29 is 5.11 Å². The van der Waals surface area contributed by atoms with E-state index in [4.69, 9.17) is 23.2 Å². The number of benzene rings is 1. The molecule has 1 aromatic rings. The summed E-state index contributed by atoms with van der Waals surface area (Å²) >= 11 is 12.0. The summed E-state index contributed by atoms with van der Waals surface area (Å²) in [7, 11) is 0. The average molecular weight is 248 g/mol. The van der Waals surface area contributed by atoms with Crippen molar-refractivity contribution in [3.05, 3.63) is 33.8 Å². The van der Waals surface area contributed by atoms with Gasteiger partial charge in [0, 0.05) is 28.7 Å². The first kappa shape index (κ1) is 12.8. The highest BCUT2D eigenvalue weighted by atomic mass is 35.5. The zero-order valence-electron chi connectivity index (χ0n) is 8.63. The van der Waals surface area contributed by atoms with Crippen molar-refractivity contribution in [3.8, 4) is 0 Å². The Balaban J connectivity index is 2.50. The summed E-state index contributed by atoms with van der Waals surface area (Å²) in [5.41, 5.74) is 0.879. The van der Waals surface area contributed by atoms with E-state index in [0.29, 0.717) is 23.1 Å². The molecule has 0 saturated heterocycles. The number of aliphatic hydroxyl groups is 1. The van der Waals surface area contributed by atoms with Crippen LogP contribution in [0.5, 0.6) is 0 Å². The van der Waals surface area contributed by atoms with E-state index in [9.17, 15) is 5.11 Å². The smallest absolute Gasteiger partial charge is 0.0662 e. The summed E-state index contributed by atoms with van der Waals surface area (Å²) in [5.74, 6) is 0. The Morgan fingerprint density at radius 1 is 1.33 bits per heavy atom. The molecule has 4 heteroatoms. The van der Waals surface area contributed by atoms with E-state index in [1.807, 2.05) is 13.0 Å². The number of hydrogen-bond donors (Lipinski definition) is 2. The lowest BCUT2D eigenvalue weighted by Gasteiger charge is -2.11. The molecule has 0 spiro atoms. The van der Waals surface area contributed by atoms with Crippen LogP contribution >= 0.6 is 23.2 Å². The molecule has 0 aliphatic rings. The van der Waals surface area contributed by atoms with Gasteiger partial charge in [0.1, 0.15) is 0 Å². The molecule has 84 valence electrons. The van der Waals surface area contributed by atoms with Crippen LogP contribution in [-0.4, -0.2) is 17.8 Å². The van der Waals surface area contributed by atoms with Gasteiger partial charge in [0.25, 0.3) is 0 Å². The van der Waals surface area contributed by atoms with Gasteiger partial charge in [-0.3, -0.25) is 0 Å². The van der Waals surface area contributed by atoms with E-state index in [1.54, 1.807) is 12.1 Å². The van der Waals surface area contributed by atoms with Gasteiger partial charge in [0.15, 0.2) is 0 Å². The summed E-state index contributed by atoms with van der Waals surface area (Å²) in [6, 6.07) is 5.43. The Bertz CT molecular complexity index is 297. The molecular formula is C11H15Cl2NO. The molecule has 1 rings (SSSR count). The van der Waals surface area contributed by atoms with Crippen LogP contribution in [0.1, 0.15) is 18.9 Å². The zero-order chi connectivity index (χ0) is 11.3. The first-order valence-corrected chi connectivity index (χ1v) is 5.72. The maximum Gasteiger partial charge on any atom is 0.0662 e. The lowest BCUT2D eigenvalue weighted by Crippen LogP contribution is -2.25. The topological polar surface area (TPSA) is 32.3 Å². The predicted molar refractivity (Wildman–Crippen MR) is 64.5 cm³/mol. The molecule has 0 heterocycles. The Hall–Kier alpha value is -0.280. The van der Waals surface area contributed by atoms with Gasteiger partial charge in [-0.1, -0.05) is 36.2 Å². The first-order valence-electron chi connectivity index (χ1n) is 4.96. The van der Waals surface area contributed by atoms with E-state index >= 15 is 0 Å². The summed E-state index contributed by atoms with van der Waals surface area (Å²) in [6.45, 7) is 3.07. The Labute approximate surface area is 100 Å². The van der Waals surface area contributed by atoms with Crippen molar-refractivity contribution in [1.82, 2.24) is 5.32 Å². The maximum atomic E-state index is 9.35. The normalized spacial score (nSPS) is 12.8. The number of nitrogens with one attached hydrogen (secondary N) is 1. The van der Waals surface area contributed by atoms with Gasteiger partial charge < -0.3 is 10.4 Å². The molecule has 1 unspecified atom stereocenters. The summed E-state index contributed by atoms with van der Waals surface area (Å²) in [4.78, 5) is 0. The van der Waals surface area contributed by atoms with Crippen LogP contribution in [0.3, 0.4) is 0 Å². The van der Waals surface area contributed by atoms with Gasteiger partial charge in [-0.05, 0) is 18.6 Å². The monoisotopic (exact) mass is 247 g/mol. The number of aliphatic hydroxyl groups excluding tert-OH is 1. The maximum absolute atomic E-state index is 9.35. The van der Waals surface area contributed by atoms with Gasteiger partial charge in [0.2, 0.25) is 0 Å². The van der Waals surface area contributed by atoms with Crippen molar-refractivity contribution in [2.45, 2.75) is 26.0 Å². The third kappa shape index (κ3) is 3.99. The highest BCUT2D eigenvalue weighted by Gasteiger charge is 2.05. The van der Waals surface area contributed by atoms with Gasteiger partial charge >= 0.3 is 0 Å². The fourth-order valence-electron chi connectivity index (χ4n) is 1.21. The van der Waals surface area contributed by atoms with Crippen molar-refractivity contribution >= 4 is 23.2 Å². The number of hydrogen-bond acceptors (Lipinski definition) is 2. The highest BCUT2D eigenvalue weighted by Crippen LogP contribution is 2.23. The van der Waals surface area contributed by atoms with Crippen LogP contribution in [0.15, 0.2) is 18.2 Å². The molecular weight excluding hydrogens is 233 g/mol. The molecule has 1 aromatic carbocycles. The minimum absolute atomic E-state index is 0.314. The van der Waals surface area contributed by atoms with Crippen LogP contribution in [-0.2, 0) is 6.54 Å². The molecule has 0 saturated carbocycles. The van der Waals surface area contributed by atoms with Crippen molar-refractivity contribution in [2.24, 2.45) is 0 Å². The van der Waals surface area contributed by atoms with Crippen LogP contribution in [0.25, 0.3) is 0 Å². The van der Waals surface area contributed by atoms with Crippen molar-refractivity contribution in [2.75, 3.05) is 6.54 Å². The third-order valence-corrected chi connectivity index (χ3v) is 2.92. The summed E-state index contributed by atoms with van der Waals surface area (Å²) in [6.07, 6.45) is 0.426. The zero-order valence-corrected chi connectivity index (χ0v) is 10.1. The second-order valence-corrected chi connectivity index (χ2v) is 4.21. The first-order chi connectivity index (χ1) is 7.15. The van der Waals surface area contributed by atoms with E-state index in [-0.39, 0.29) is 6.10 Å². The SMILES string of the molecule is CCC(O)CNCc1c(Cl)cccc1Cl. The molecule has 0 fully saturated rings. The standard InChI is InChI=1S/C11H15Cl2NO/c1-2-8(15)6-14-7-9-10(12)4-3-5-11(9)13/h3-5,8,14-15H,2,6-7H2,1H3. The molecule has 0 aromatic heterocycles. The van der Waals surface area contributed by atoms with Crippen LogP contribution in [0.2, 0.25) is 10.0 Å². The van der Waals surface area contributed by atoms with Gasteiger partial charge in [-0.25, -0.2) is 0 Å². The second-order valence-electron chi connectivity index (χ2n) is 3.39. The Kier molecular flexibility index (Phi) is 5.40. The molecule has 0 bridgehead atoms. The fraction of sp³-hybridized carbons (Fsp3) is 0.455. The molecule has 2 nitrogen and oxygen atoms in total. The van der Waals surface area contributed by atoms with E-state index in [0.717, 1.165) is 12.0 Å². The van der Waals surface area contributed by atoms with Crippen LogP contribution in [0.4, 0.5) is 0 Å². The lowest BCUT2D eigenvalue weighted by atomic mass is 10.2. The Morgan fingerprint density at radius 3 is 2.47 bits per heavy atom. The molecule has 15 heavy (non-hydrogen) atoms. The van der Waals surface area contributed by atoms with Gasteiger partial charge in [-0.2, -0.15) is 0 Å². The molecule has 0 aliphatic carbocycles. The van der Waals surface area contributed by atoms with Crippen molar-refractivity contribution in [3.63, 3.8) is 0 Å². The quantitative estimate of drug-likeness (QED) is 0.839. The lowest BCUT2D eigenvalue weighted by molar-refractivity contribution is 0.167. The third-order valence-electron chi connectivity index (χ3n) is 2.21. The summed E-state index contributed by atoms with van der Waals surface area (Å²) < 4.78 is 0. The Morgan fingerprint density at radius 2 is 1.93 bits per heavy atom. The van der Waals surface area contributed by atoms with E-state index < -0.39 is 0 Å². The van der Waals surface area contributed by atoms with Crippen LogP contribution in [0, 0.1) is 0 Å². The van der Waals surface area contributed by atoms with Gasteiger partial charge in [-0.15, -0.1) is 0 Å². The second kappa shape index (κ2) is 6.33. The largest absolute Gasteiger partial charge is 0.392 e. The molecule has 0 aliphatic heterocycles. The molecule has 1 atom stereocenters. The fourth-order valence-corrected chi connectivity index (χ4v) is 1.74. The van der Waals surface area contributed by atoms with Gasteiger partial charge in [0.05, 0.1) is 6.10 Å². The average Bonchev–Trinajstić information content (AvgIpc) is 2.22. The minimum Gasteiger partial charge on any atom is -0.392 e. The highest BCUT2D eigenvalue weighted by molar-refractivity contribution is 6.35.